The highest BCUT2D eigenvalue weighted by Gasteiger charge is 2.26. The van der Waals surface area contributed by atoms with E-state index in [1.807, 2.05) is 25.1 Å². The van der Waals surface area contributed by atoms with E-state index in [0.717, 1.165) is 51.0 Å². The molecular weight excluding hydrogens is 432 g/mol. The zero-order chi connectivity index (χ0) is 21.5. The van der Waals surface area contributed by atoms with Crippen LogP contribution in [0.4, 0.5) is 11.4 Å². The van der Waals surface area contributed by atoms with Crippen molar-refractivity contribution in [1.29, 1.82) is 0 Å². The van der Waals surface area contributed by atoms with Gasteiger partial charge in [0.1, 0.15) is 22.1 Å². The first kappa shape index (κ1) is 20.4. The summed E-state index contributed by atoms with van der Waals surface area (Å²) in [5.74, 6) is 0.669. The average molecular weight is 457 g/mol. The molecule has 0 unspecified atom stereocenters. The molecule has 1 atom stereocenters. The largest absolute Gasteiger partial charge is 0.491 e. The molecule has 1 amide bonds. The Hall–Kier alpha value is -2.51. The molecule has 0 radical (unpaired) electrons. The Morgan fingerprint density at radius 1 is 1.29 bits per heavy atom. The number of aryl methyl sites for hydroxylation is 1. The van der Waals surface area contributed by atoms with Gasteiger partial charge in [0.05, 0.1) is 22.4 Å². The standard InChI is InChI=1S/C23H25ClN4O2S/c1-13-5-6-16-20(25)21(31-23(16)26-13)22(29)27-15-9-14-10-17(24)18(11-19(14)30-12-15)28-7-3-2-4-8-28/h5-6,10-11,15H,2-4,7-9,12,25H2,1H3,(H,27,29)/t15-/m0/s1. The van der Waals surface area contributed by atoms with Crippen molar-refractivity contribution in [2.45, 2.75) is 38.6 Å². The molecule has 1 fully saturated rings. The molecule has 2 aliphatic heterocycles. The molecule has 1 saturated heterocycles. The molecule has 8 heteroatoms. The summed E-state index contributed by atoms with van der Waals surface area (Å²) >= 11 is 7.94. The van der Waals surface area contributed by atoms with Crippen LogP contribution in [0.2, 0.25) is 5.02 Å². The Morgan fingerprint density at radius 3 is 2.90 bits per heavy atom. The Morgan fingerprint density at radius 2 is 2.10 bits per heavy atom. The number of aromatic nitrogens is 1. The fourth-order valence-corrected chi connectivity index (χ4v) is 5.72. The summed E-state index contributed by atoms with van der Waals surface area (Å²) in [6.45, 7) is 4.40. The minimum absolute atomic E-state index is 0.142. The van der Waals surface area contributed by atoms with E-state index >= 15 is 0 Å². The van der Waals surface area contributed by atoms with Crippen molar-refractivity contribution >= 4 is 50.4 Å². The highest BCUT2D eigenvalue weighted by atomic mass is 35.5. The third kappa shape index (κ3) is 3.92. The number of carbonyl (C=O) groups excluding carboxylic acids is 1. The molecule has 4 heterocycles. The summed E-state index contributed by atoms with van der Waals surface area (Å²) in [6.07, 6.45) is 4.33. The summed E-state index contributed by atoms with van der Waals surface area (Å²) in [4.78, 5) is 21.0. The third-order valence-electron chi connectivity index (χ3n) is 6.01. The van der Waals surface area contributed by atoms with E-state index in [2.05, 4.69) is 21.3 Å². The maximum Gasteiger partial charge on any atom is 0.263 e. The number of anilines is 2. The number of carbonyl (C=O) groups is 1. The van der Waals surface area contributed by atoms with Gasteiger partial charge in [-0.05, 0) is 56.4 Å². The summed E-state index contributed by atoms with van der Waals surface area (Å²) in [5, 5.41) is 4.64. The number of hydrogen-bond acceptors (Lipinski definition) is 6. The lowest BCUT2D eigenvalue weighted by molar-refractivity contribution is 0.0920. The number of fused-ring (bicyclic) bond motifs is 2. The van der Waals surface area contributed by atoms with Crippen molar-refractivity contribution in [1.82, 2.24) is 10.3 Å². The van der Waals surface area contributed by atoms with Gasteiger partial charge >= 0.3 is 0 Å². The van der Waals surface area contributed by atoms with Crippen LogP contribution in [0.3, 0.4) is 0 Å². The van der Waals surface area contributed by atoms with Crippen molar-refractivity contribution in [3.8, 4) is 5.75 Å². The molecule has 3 N–H and O–H groups in total. The van der Waals surface area contributed by atoms with Crippen LogP contribution in [0.25, 0.3) is 10.2 Å². The van der Waals surface area contributed by atoms with Gasteiger partial charge in [-0.2, -0.15) is 0 Å². The van der Waals surface area contributed by atoms with E-state index in [9.17, 15) is 4.79 Å². The van der Waals surface area contributed by atoms with E-state index in [-0.39, 0.29) is 11.9 Å². The number of halogens is 1. The van der Waals surface area contributed by atoms with Gasteiger partial charge in [0.2, 0.25) is 0 Å². The van der Waals surface area contributed by atoms with Crippen LogP contribution in [-0.4, -0.2) is 36.6 Å². The van der Waals surface area contributed by atoms with Crippen LogP contribution < -0.4 is 20.7 Å². The molecule has 0 saturated carbocycles. The topological polar surface area (TPSA) is 80.5 Å². The van der Waals surface area contributed by atoms with E-state index in [0.29, 0.717) is 23.6 Å². The smallest absolute Gasteiger partial charge is 0.263 e. The van der Waals surface area contributed by atoms with Gasteiger partial charge in [-0.3, -0.25) is 4.79 Å². The second-order valence-electron chi connectivity index (χ2n) is 8.29. The molecule has 2 aliphatic rings. The van der Waals surface area contributed by atoms with E-state index in [1.54, 1.807) is 0 Å². The molecular formula is C23H25ClN4O2S. The molecule has 3 aromatic rings. The molecule has 2 aromatic heterocycles. The molecule has 0 spiro atoms. The fourth-order valence-electron chi connectivity index (χ4n) is 4.37. The van der Waals surface area contributed by atoms with Gasteiger partial charge in [-0.1, -0.05) is 11.6 Å². The number of nitrogens with one attached hydrogen (secondary N) is 1. The fraction of sp³-hybridized carbons (Fsp3) is 0.391. The van der Waals surface area contributed by atoms with Crippen LogP contribution >= 0.6 is 22.9 Å². The van der Waals surface area contributed by atoms with Crippen LogP contribution in [0.15, 0.2) is 24.3 Å². The second kappa shape index (κ2) is 8.20. The number of benzene rings is 1. The normalized spacial score (nSPS) is 18.5. The molecule has 31 heavy (non-hydrogen) atoms. The number of nitrogens with two attached hydrogens (primary N) is 1. The second-order valence-corrected chi connectivity index (χ2v) is 9.70. The molecule has 5 rings (SSSR count). The Bertz CT molecular complexity index is 1160. The molecule has 162 valence electrons. The monoisotopic (exact) mass is 456 g/mol. The van der Waals surface area contributed by atoms with Crippen LogP contribution in [-0.2, 0) is 6.42 Å². The number of ether oxygens (including phenoxy) is 1. The number of hydrogen-bond donors (Lipinski definition) is 2. The van der Waals surface area contributed by atoms with E-state index in [1.165, 1.54) is 30.6 Å². The predicted molar refractivity (Wildman–Crippen MR) is 127 cm³/mol. The number of thiophene rings is 1. The molecule has 0 aliphatic carbocycles. The first-order valence-electron chi connectivity index (χ1n) is 10.7. The minimum Gasteiger partial charge on any atom is -0.491 e. The SMILES string of the molecule is Cc1ccc2c(N)c(C(=O)N[C@@H]3COc4cc(N5CCCCC5)c(Cl)cc4C3)sc2n1. The predicted octanol–water partition coefficient (Wildman–Crippen LogP) is 4.56. The lowest BCUT2D eigenvalue weighted by Crippen LogP contribution is -2.42. The number of nitrogen functional groups attached to an aromatic ring is 1. The third-order valence-corrected chi connectivity index (χ3v) is 7.42. The Labute approximate surface area is 190 Å². The maximum absolute atomic E-state index is 12.9. The Kier molecular flexibility index (Phi) is 5.40. The summed E-state index contributed by atoms with van der Waals surface area (Å²) in [5.41, 5.74) is 9.68. The van der Waals surface area contributed by atoms with Crippen molar-refractivity contribution in [2.75, 3.05) is 30.3 Å². The summed E-state index contributed by atoms with van der Waals surface area (Å²) in [7, 11) is 0. The number of piperidine rings is 1. The highest BCUT2D eigenvalue weighted by molar-refractivity contribution is 7.21. The van der Waals surface area contributed by atoms with Crippen molar-refractivity contribution in [2.24, 2.45) is 0 Å². The zero-order valence-electron chi connectivity index (χ0n) is 17.4. The van der Waals surface area contributed by atoms with E-state index < -0.39 is 0 Å². The number of amides is 1. The minimum atomic E-state index is -0.189. The first-order chi connectivity index (χ1) is 15.0. The van der Waals surface area contributed by atoms with Gasteiger partial charge in [0.25, 0.3) is 5.91 Å². The number of nitrogens with zero attached hydrogens (tertiary/aromatic N) is 2. The van der Waals surface area contributed by atoms with Gasteiger partial charge < -0.3 is 20.7 Å². The Balaban J connectivity index is 1.32. The lowest BCUT2D eigenvalue weighted by atomic mass is 10.0. The summed E-state index contributed by atoms with van der Waals surface area (Å²) < 4.78 is 6.02. The first-order valence-corrected chi connectivity index (χ1v) is 11.9. The molecule has 1 aromatic carbocycles. The quantitative estimate of drug-likeness (QED) is 0.603. The zero-order valence-corrected chi connectivity index (χ0v) is 19.0. The van der Waals surface area contributed by atoms with Crippen LogP contribution in [0.1, 0.15) is 40.2 Å². The number of rotatable bonds is 3. The van der Waals surface area contributed by atoms with E-state index in [4.69, 9.17) is 22.1 Å². The molecule has 0 bridgehead atoms. The lowest BCUT2D eigenvalue weighted by Gasteiger charge is -2.32. The van der Waals surface area contributed by atoms with Gasteiger partial charge in [0.15, 0.2) is 0 Å². The maximum atomic E-state index is 12.9. The molecule has 6 nitrogen and oxygen atoms in total. The van der Waals surface area contributed by atoms with Crippen LogP contribution in [0, 0.1) is 6.92 Å². The van der Waals surface area contributed by atoms with Crippen molar-refractivity contribution in [3.05, 3.63) is 45.4 Å². The van der Waals surface area contributed by atoms with Crippen molar-refractivity contribution in [3.63, 3.8) is 0 Å². The highest BCUT2D eigenvalue weighted by Crippen LogP contribution is 2.37. The van der Waals surface area contributed by atoms with Crippen molar-refractivity contribution < 1.29 is 9.53 Å². The van der Waals surface area contributed by atoms with Gasteiger partial charge in [-0.25, -0.2) is 4.98 Å². The van der Waals surface area contributed by atoms with Crippen LogP contribution in [0.5, 0.6) is 5.75 Å². The van der Waals surface area contributed by atoms with Gasteiger partial charge in [-0.15, -0.1) is 11.3 Å². The summed E-state index contributed by atoms with van der Waals surface area (Å²) in [6, 6.07) is 7.72. The number of pyridine rings is 1. The average Bonchev–Trinajstić information content (AvgIpc) is 3.09. The van der Waals surface area contributed by atoms with Gasteiger partial charge in [0, 0.05) is 30.2 Å².